The minimum atomic E-state index is -0.344. The van der Waals surface area contributed by atoms with Crippen LogP contribution in [0.15, 0.2) is 24.3 Å². The maximum Gasteiger partial charge on any atom is 0.0916 e. The normalized spacial score (nSPS) is 20.4. The number of nitrogens with zero attached hydrogens (tertiary/aromatic N) is 1. The fraction of sp³-hybridized carbons (Fsp3) is 0.600. The van der Waals surface area contributed by atoms with E-state index in [0.717, 1.165) is 31.1 Å². The summed E-state index contributed by atoms with van der Waals surface area (Å²) in [7, 11) is 0. The minimum absolute atomic E-state index is 0.344. The van der Waals surface area contributed by atoms with Crippen LogP contribution in [0.3, 0.4) is 0 Å². The molecule has 1 N–H and O–H groups in total. The molecule has 1 saturated heterocycles. The highest BCUT2D eigenvalue weighted by molar-refractivity contribution is 5.23. The number of piperidine rings is 1. The lowest BCUT2D eigenvalue weighted by Gasteiger charge is -2.31. The standard InChI is InChI=1S/C15H23NO/c1-12-3-5-14(6-4-12)15(17)11-16-9-7-13(2)8-10-16/h3-6,13,15,17H,7-11H2,1-2H3. The first-order valence-corrected chi connectivity index (χ1v) is 6.62. The molecule has 1 aliphatic heterocycles. The molecular weight excluding hydrogens is 210 g/mol. The number of aliphatic hydroxyl groups excluding tert-OH is 1. The second-order valence-electron chi connectivity index (χ2n) is 5.41. The maximum atomic E-state index is 10.2. The second kappa shape index (κ2) is 5.65. The average Bonchev–Trinajstić information content (AvgIpc) is 2.33. The van der Waals surface area contributed by atoms with E-state index in [4.69, 9.17) is 0 Å². The molecule has 94 valence electrons. The molecule has 1 aliphatic rings. The summed E-state index contributed by atoms with van der Waals surface area (Å²) in [5, 5.41) is 10.2. The van der Waals surface area contributed by atoms with Crippen LogP contribution in [0, 0.1) is 12.8 Å². The number of rotatable bonds is 3. The third-order valence-electron chi connectivity index (χ3n) is 3.77. The summed E-state index contributed by atoms with van der Waals surface area (Å²) < 4.78 is 0. The summed E-state index contributed by atoms with van der Waals surface area (Å²) in [4.78, 5) is 2.38. The summed E-state index contributed by atoms with van der Waals surface area (Å²) in [6, 6.07) is 8.20. The predicted molar refractivity (Wildman–Crippen MR) is 71.0 cm³/mol. The lowest BCUT2D eigenvalue weighted by atomic mass is 9.98. The van der Waals surface area contributed by atoms with E-state index in [0.29, 0.717) is 0 Å². The van der Waals surface area contributed by atoms with Crippen molar-refractivity contribution in [2.24, 2.45) is 5.92 Å². The van der Waals surface area contributed by atoms with Gasteiger partial charge in [-0.15, -0.1) is 0 Å². The summed E-state index contributed by atoms with van der Waals surface area (Å²) in [6.07, 6.45) is 2.19. The fourth-order valence-electron chi connectivity index (χ4n) is 2.38. The van der Waals surface area contributed by atoms with Gasteiger partial charge in [0.1, 0.15) is 0 Å². The molecule has 17 heavy (non-hydrogen) atoms. The molecule has 1 aromatic rings. The summed E-state index contributed by atoms with van der Waals surface area (Å²) in [5.74, 6) is 0.850. The lowest BCUT2D eigenvalue weighted by Crippen LogP contribution is -2.35. The lowest BCUT2D eigenvalue weighted by molar-refractivity contribution is 0.0916. The van der Waals surface area contributed by atoms with Crippen LogP contribution in [0.5, 0.6) is 0 Å². The Hall–Kier alpha value is -0.860. The number of β-amino-alcohol motifs (C(OH)–C–C–N with tert-alkyl or cyclic N) is 1. The Labute approximate surface area is 104 Å². The van der Waals surface area contributed by atoms with Gasteiger partial charge in [0.2, 0.25) is 0 Å². The Balaban J connectivity index is 1.88. The van der Waals surface area contributed by atoms with E-state index in [-0.39, 0.29) is 6.10 Å². The smallest absolute Gasteiger partial charge is 0.0916 e. The van der Waals surface area contributed by atoms with Gasteiger partial charge in [0.15, 0.2) is 0 Å². The van der Waals surface area contributed by atoms with E-state index in [2.05, 4.69) is 30.9 Å². The van der Waals surface area contributed by atoms with Gasteiger partial charge >= 0.3 is 0 Å². The van der Waals surface area contributed by atoms with Crippen molar-refractivity contribution in [1.29, 1.82) is 0 Å². The Morgan fingerprint density at radius 1 is 1.24 bits per heavy atom. The Kier molecular flexibility index (Phi) is 4.19. The molecule has 1 atom stereocenters. The number of likely N-dealkylation sites (tertiary alicyclic amines) is 1. The van der Waals surface area contributed by atoms with Crippen molar-refractivity contribution >= 4 is 0 Å². The number of hydrogen-bond donors (Lipinski definition) is 1. The number of benzene rings is 1. The molecule has 1 fully saturated rings. The van der Waals surface area contributed by atoms with Gasteiger partial charge in [-0.1, -0.05) is 36.8 Å². The van der Waals surface area contributed by atoms with Gasteiger partial charge in [-0.2, -0.15) is 0 Å². The van der Waals surface area contributed by atoms with Gasteiger partial charge in [-0.3, -0.25) is 0 Å². The molecule has 0 aliphatic carbocycles. The quantitative estimate of drug-likeness (QED) is 0.867. The molecule has 1 unspecified atom stereocenters. The van der Waals surface area contributed by atoms with Crippen molar-refractivity contribution in [1.82, 2.24) is 4.90 Å². The zero-order valence-corrected chi connectivity index (χ0v) is 10.9. The monoisotopic (exact) mass is 233 g/mol. The Bertz CT molecular complexity index is 338. The summed E-state index contributed by atoms with van der Waals surface area (Å²) >= 11 is 0. The van der Waals surface area contributed by atoms with Gasteiger partial charge in [0.25, 0.3) is 0 Å². The number of hydrogen-bond acceptors (Lipinski definition) is 2. The zero-order chi connectivity index (χ0) is 12.3. The molecule has 0 aromatic heterocycles. The highest BCUT2D eigenvalue weighted by Crippen LogP contribution is 2.20. The Morgan fingerprint density at radius 2 is 1.82 bits per heavy atom. The van der Waals surface area contributed by atoms with E-state index >= 15 is 0 Å². The van der Waals surface area contributed by atoms with Gasteiger partial charge in [-0.05, 0) is 44.3 Å². The maximum absolute atomic E-state index is 10.2. The van der Waals surface area contributed by atoms with Crippen molar-refractivity contribution in [2.75, 3.05) is 19.6 Å². The van der Waals surface area contributed by atoms with Crippen molar-refractivity contribution in [3.05, 3.63) is 35.4 Å². The largest absolute Gasteiger partial charge is 0.387 e. The minimum Gasteiger partial charge on any atom is -0.387 e. The molecule has 1 heterocycles. The molecule has 1 aromatic carbocycles. The van der Waals surface area contributed by atoms with Crippen molar-refractivity contribution in [3.63, 3.8) is 0 Å². The topological polar surface area (TPSA) is 23.5 Å². The van der Waals surface area contributed by atoms with Gasteiger partial charge in [0.05, 0.1) is 6.10 Å². The average molecular weight is 233 g/mol. The van der Waals surface area contributed by atoms with Crippen LogP contribution in [0.2, 0.25) is 0 Å². The summed E-state index contributed by atoms with van der Waals surface area (Å²) in [5.41, 5.74) is 2.28. The molecule has 0 bridgehead atoms. The molecular formula is C15H23NO. The predicted octanol–water partition coefficient (Wildman–Crippen LogP) is 2.76. The van der Waals surface area contributed by atoms with Gasteiger partial charge < -0.3 is 10.0 Å². The van der Waals surface area contributed by atoms with Crippen molar-refractivity contribution < 1.29 is 5.11 Å². The van der Waals surface area contributed by atoms with Crippen LogP contribution in [-0.2, 0) is 0 Å². The molecule has 0 amide bonds. The highest BCUT2D eigenvalue weighted by atomic mass is 16.3. The van der Waals surface area contributed by atoms with E-state index < -0.39 is 0 Å². The van der Waals surface area contributed by atoms with Gasteiger partial charge in [0, 0.05) is 6.54 Å². The van der Waals surface area contributed by atoms with E-state index in [1.165, 1.54) is 18.4 Å². The van der Waals surface area contributed by atoms with E-state index in [1.807, 2.05) is 12.1 Å². The number of aryl methyl sites for hydroxylation is 1. The van der Waals surface area contributed by atoms with Crippen LogP contribution in [0.1, 0.15) is 37.0 Å². The Morgan fingerprint density at radius 3 is 2.41 bits per heavy atom. The third kappa shape index (κ3) is 3.55. The highest BCUT2D eigenvalue weighted by Gasteiger charge is 2.18. The van der Waals surface area contributed by atoms with Crippen LogP contribution in [0.4, 0.5) is 0 Å². The molecule has 2 rings (SSSR count). The molecule has 2 heteroatoms. The summed E-state index contributed by atoms with van der Waals surface area (Å²) in [6.45, 7) is 7.42. The van der Waals surface area contributed by atoms with Crippen molar-refractivity contribution in [3.8, 4) is 0 Å². The number of aliphatic hydroxyl groups is 1. The van der Waals surface area contributed by atoms with Crippen LogP contribution in [0.25, 0.3) is 0 Å². The molecule has 2 nitrogen and oxygen atoms in total. The third-order valence-corrected chi connectivity index (χ3v) is 3.77. The fourth-order valence-corrected chi connectivity index (χ4v) is 2.38. The van der Waals surface area contributed by atoms with Gasteiger partial charge in [-0.25, -0.2) is 0 Å². The van der Waals surface area contributed by atoms with Crippen LogP contribution in [-0.4, -0.2) is 29.6 Å². The SMILES string of the molecule is Cc1ccc(C(O)CN2CCC(C)CC2)cc1. The van der Waals surface area contributed by atoms with Crippen LogP contribution < -0.4 is 0 Å². The van der Waals surface area contributed by atoms with E-state index in [1.54, 1.807) is 0 Å². The first-order chi connectivity index (χ1) is 8.15. The van der Waals surface area contributed by atoms with Crippen LogP contribution >= 0.6 is 0 Å². The molecule has 0 saturated carbocycles. The second-order valence-corrected chi connectivity index (χ2v) is 5.41. The molecule has 0 radical (unpaired) electrons. The van der Waals surface area contributed by atoms with Crippen molar-refractivity contribution in [2.45, 2.75) is 32.8 Å². The first-order valence-electron chi connectivity index (χ1n) is 6.62. The first kappa shape index (κ1) is 12.6. The van der Waals surface area contributed by atoms with E-state index in [9.17, 15) is 5.11 Å². The molecule has 0 spiro atoms. The zero-order valence-electron chi connectivity index (χ0n) is 10.9.